The minimum absolute atomic E-state index is 0.0453. The van der Waals surface area contributed by atoms with Gasteiger partial charge in [0.1, 0.15) is 4.47 Å². The Morgan fingerprint density at radius 3 is 2.70 bits per heavy atom. The van der Waals surface area contributed by atoms with Crippen LogP contribution in [0.25, 0.3) is 0 Å². The molecule has 0 amide bonds. The Kier molecular flexibility index (Phi) is 4.09. The lowest BCUT2D eigenvalue weighted by Crippen LogP contribution is -2.47. The van der Waals surface area contributed by atoms with Gasteiger partial charge in [-0.05, 0) is 41.7 Å². The average Bonchev–Trinajstić information content (AvgIpc) is 3.25. The smallest absolute Gasteiger partial charge is 0.283 e. The van der Waals surface area contributed by atoms with Crippen LogP contribution >= 0.6 is 15.9 Å². The van der Waals surface area contributed by atoms with Crippen molar-refractivity contribution in [2.45, 2.75) is 19.4 Å². The standard InChI is InChI=1S/C13H20BrN5O/c1-17-4-6-18(7-5-17)16-11-8-15-19(9-10-2-3-10)13(20)12(11)14/h8,10,16H,2-7,9H2,1H3. The van der Waals surface area contributed by atoms with E-state index in [1.807, 2.05) is 0 Å². The molecule has 1 saturated carbocycles. The number of rotatable bonds is 4. The number of halogens is 1. The van der Waals surface area contributed by atoms with Crippen LogP contribution in [0.4, 0.5) is 5.69 Å². The van der Waals surface area contributed by atoms with Crippen molar-refractivity contribution in [1.29, 1.82) is 0 Å². The first-order valence-electron chi connectivity index (χ1n) is 7.09. The number of hydrogen-bond acceptors (Lipinski definition) is 5. The van der Waals surface area contributed by atoms with Crippen LogP contribution in [0.1, 0.15) is 12.8 Å². The van der Waals surface area contributed by atoms with Crippen molar-refractivity contribution in [2.24, 2.45) is 5.92 Å². The lowest BCUT2D eigenvalue weighted by Gasteiger charge is -2.33. The third kappa shape index (κ3) is 3.21. The Hall–Kier alpha value is -0.920. The molecule has 1 aliphatic carbocycles. The summed E-state index contributed by atoms with van der Waals surface area (Å²) < 4.78 is 2.14. The molecule has 0 aromatic carbocycles. The second-order valence-electron chi connectivity index (χ2n) is 5.70. The highest BCUT2D eigenvalue weighted by Gasteiger charge is 2.23. The molecule has 6 nitrogen and oxygen atoms in total. The molecule has 0 unspecified atom stereocenters. The van der Waals surface area contributed by atoms with Gasteiger partial charge in [0.15, 0.2) is 0 Å². The van der Waals surface area contributed by atoms with E-state index in [1.165, 1.54) is 12.8 Å². The molecule has 2 heterocycles. The highest BCUT2D eigenvalue weighted by molar-refractivity contribution is 9.10. The van der Waals surface area contributed by atoms with Gasteiger partial charge in [-0.1, -0.05) is 0 Å². The van der Waals surface area contributed by atoms with Crippen LogP contribution in [0.15, 0.2) is 15.5 Å². The molecule has 0 atom stereocenters. The maximum Gasteiger partial charge on any atom is 0.283 e. The average molecular weight is 342 g/mol. The van der Waals surface area contributed by atoms with Crippen LogP contribution in [0, 0.1) is 5.92 Å². The van der Waals surface area contributed by atoms with E-state index in [2.05, 4.69) is 43.4 Å². The van der Waals surface area contributed by atoms with E-state index in [4.69, 9.17) is 0 Å². The van der Waals surface area contributed by atoms with Crippen molar-refractivity contribution in [3.8, 4) is 0 Å². The van der Waals surface area contributed by atoms with Gasteiger partial charge in [0, 0.05) is 32.7 Å². The SMILES string of the molecule is CN1CCN(Nc2cnn(CC3CC3)c(=O)c2Br)CC1. The fourth-order valence-electron chi connectivity index (χ4n) is 2.31. The predicted octanol–water partition coefficient (Wildman–Crippen LogP) is 0.990. The summed E-state index contributed by atoms with van der Waals surface area (Å²) in [6.45, 7) is 4.67. The van der Waals surface area contributed by atoms with Gasteiger partial charge < -0.3 is 10.3 Å². The highest BCUT2D eigenvalue weighted by atomic mass is 79.9. The Morgan fingerprint density at radius 2 is 2.05 bits per heavy atom. The van der Waals surface area contributed by atoms with Crippen LogP contribution < -0.4 is 11.0 Å². The summed E-state index contributed by atoms with van der Waals surface area (Å²) in [5, 5.41) is 6.41. The van der Waals surface area contributed by atoms with E-state index in [0.29, 0.717) is 10.4 Å². The van der Waals surface area contributed by atoms with E-state index in [0.717, 1.165) is 38.4 Å². The molecule has 1 aromatic rings. The quantitative estimate of drug-likeness (QED) is 0.885. The Morgan fingerprint density at radius 1 is 1.35 bits per heavy atom. The summed E-state index contributed by atoms with van der Waals surface area (Å²) in [5.74, 6) is 0.642. The summed E-state index contributed by atoms with van der Waals surface area (Å²) in [6, 6.07) is 0. The Bertz CT molecular complexity index is 534. The van der Waals surface area contributed by atoms with Crippen molar-refractivity contribution in [2.75, 3.05) is 38.7 Å². The second kappa shape index (κ2) is 5.83. The molecule has 1 N–H and O–H groups in total. The van der Waals surface area contributed by atoms with Crippen LogP contribution in [0.5, 0.6) is 0 Å². The topological polar surface area (TPSA) is 53.4 Å². The predicted molar refractivity (Wildman–Crippen MR) is 81.6 cm³/mol. The summed E-state index contributed by atoms with van der Waals surface area (Å²) in [7, 11) is 2.12. The van der Waals surface area contributed by atoms with E-state index < -0.39 is 0 Å². The lowest BCUT2D eigenvalue weighted by atomic mass is 10.4. The van der Waals surface area contributed by atoms with Gasteiger partial charge in [-0.3, -0.25) is 4.79 Å². The van der Waals surface area contributed by atoms with Crippen molar-refractivity contribution in [3.63, 3.8) is 0 Å². The van der Waals surface area contributed by atoms with Gasteiger partial charge in [0.05, 0.1) is 11.9 Å². The summed E-state index contributed by atoms with van der Waals surface area (Å²) in [6.07, 6.45) is 4.17. The van der Waals surface area contributed by atoms with Crippen molar-refractivity contribution < 1.29 is 0 Å². The number of hydrazine groups is 1. The summed E-state index contributed by atoms with van der Waals surface area (Å²) in [5.41, 5.74) is 4.00. The normalized spacial score (nSPS) is 21.1. The van der Waals surface area contributed by atoms with Gasteiger partial charge in [0.25, 0.3) is 5.56 Å². The number of piperazine rings is 1. The van der Waals surface area contributed by atoms with Crippen molar-refractivity contribution in [1.82, 2.24) is 19.7 Å². The number of aromatic nitrogens is 2. The first-order valence-corrected chi connectivity index (χ1v) is 7.88. The summed E-state index contributed by atoms with van der Waals surface area (Å²) in [4.78, 5) is 14.5. The molecule has 1 aromatic heterocycles. The molecule has 0 radical (unpaired) electrons. The zero-order chi connectivity index (χ0) is 14.1. The summed E-state index contributed by atoms with van der Waals surface area (Å²) >= 11 is 3.41. The van der Waals surface area contributed by atoms with E-state index in [9.17, 15) is 4.79 Å². The first-order chi connectivity index (χ1) is 9.63. The van der Waals surface area contributed by atoms with Gasteiger partial charge >= 0.3 is 0 Å². The number of hydrogen-bond donors (Lipinski definition) is 1. The number of likely N-dealkylation sites (N-methyl/N-ethyl adjacent to an activating group) is 1. The maximum atomic E-state index is 12.2. The molecule has 7 heteroatoms. The molecule has 3 rings (SSSR count). The molecule has 2 aliphatic rings. The lowest BCUT2D eigenvalue weighted by molar-refractivity contribution is 0.179. The molecule has 0 spiro atoms. The van der Waals surface area contributed by atoms with Gasteiger partial charge in [-0.2, -0.15) is 5.10 Å². The van der Waals surface area contributed by atoms with Crippen molar-refractivity contribution >= 4 is 21.6 Å². The largest absolute Gasteiger partial charge is 0.316 e. The minimum atomic E-state index is -0.0453. The Labute approximate surface area is 126 Å². The van der Waals surface area contributed by atoms with E-state index >= 15 is 0 Å². The number of nitrogens with zero attached hydrogens (tertiary/aromatic N) is 4. The zero-order valence-corrected chi connectivity index (χ0v) is 13.3. The van der Waals surface area contributed by atoms with Crippen LogP contribution in [0.3, 0.4) is 0 Å². The maximum absolute atomic E-state index is 12.2. The molecule has 2 fully saturated rings. The highest BCUT2D eigenvalue weighted by Crippen LogP contribution is 2.30. The van der Waals surface area contributed by atoms with Gasteiger partial charge in [-0.15, -0.1) is 0 Å². The third-order valence-corrected chi connectivity index (χ3v) is 4.66. The number of anilines is 1. The van der Waals surface area contributed by atoms with Crippen LogP contribution in [0.2, 0.25) is 0 Å². The fraction of sp³-hybridized carbons (Fsp3) is 0.692. The molecule has 0 bridgehead atoms. The molecule has 1 saturated heterocycles. The second-order valence-corrected chi connectivity index (χ2v) is 6.50. The number of nitrogens with one attached hydrogen (secondary N) is 1. The van der Waals surface area contributed by atoms with Gasteiger partial charge in [0.2, 0.25) is 0 Å². The van der Waals surface area contributed by atoms with Crippen LogP contribution in [-0.4, -0.2) is 52.9 Å². The molecular weight excluding hydrogens is 322 g/mol. The third-order valence-electron chi connectivity index (χ3n) is 3.89. The molecule has 20 heavy (non-hydrogen) atoms. The molecule has 110 valence electrons. The van der Waals surface area contributed by atoms with Crippen molar-refractivity contribution in [3.05, 3.63) is 21.0 Å². The Balaban J connectivity index is 1.70. The van der Waals surface area contributed by atoms with Gasteiger partial charge in [-0.25, -0.2) is 9.69 Å². The minimum Gasteiger partial charge on any atom is -0.316 e. The van der Waals surface area contributed by atoms with E-state index in [-0.39, 0.29) is 5.56 Å². The monoisotopic (exact) mass is 341 g/mol. The molecular formula is C13H20BrN5O. The zero-order valence-electron chi connectivity index (χ0n) is 11.7. The van der Waals surface area contributed by atoms with E-state index in [1.54, 1.807) is 10.9 Å². The fourth-order valence-corrected chi connectivity index (χ4v) is 2.70. The first kappa shape index (κ1) is 14.0. The molecule has 1 aliphatic heterocycles. The van der Waals surface area contributed by atoms with Crippen LogP contribution in [-0.2, 0) is 6.54 Å².